The predicted molar refractivity (Wildman–Crippen MR) is 135 cm³/mol. The van der Waals surface area contributed by atoms with Crippen LogP contribution in [-0.4, -0.2) is 40.3 Å². The lowest BCUT2D eigenvalue weighted by Crippen LogP contribution is -2.55. The standard InChI is InChI=1S/C28H32FN5O/c1-18-6-5-9-24(29)27(18)32-14-12-22(13-15-32)34-19(2)26-25(16-30-31-26)33(28(34)35)17-21-7-3-4-8-23(21)20-10-11-20/h3-9,16,19-20,22H,10-15,17H2,1-2H3,(H,30,31)/t19-/m0/s1. The third-order valence-corrected chi connectivity index (χ3v) is 7.97. The Bertz CT molecular complexity index is 1220. The maximum absolute atomic E-state index is 14.6. The average Bonchev–Trinajstić information content (AvgIpc) is 3.58. The summed E-state index contributed by atoms with van der Waals surface area (Å²) in [5, 5.41) is 7.54. The van der Waals surface area contributed by atoms with E-state index in [0.717, 1.165) is 42.9 Å². The van der Waals surface area contributed by atoms with Gasteiger partial charge in [-0.15, -0.1) is 0 Å². The van der Waals surface area contributed by atoms with Gasteiger partial charge in [-0.3, -0.25) is 10.00 Å². The first kappa shape index (κ1) is 22.1. The van der Waals surface area contributed by atoms with Crippen LogP contribution in [0.25, 0.3) is 0 Å². The molecule has 1 aromatic heterocycles. The molecule has 1 saturated carbocycles. The lowest BCUT2D eigenvalue weighted by molar-refractivity contribution is 0.134. The lowest BCUT2D eigenvalue weighted by atomic mass is 9.97. The maximum atomic E-state index is 14.6. The number of piperidine rings is 1. The zero-order valence-corrected chi connectivity index (χ0v) is 20.4. The average molecular weight is 474 g/mol. The minimum atomic E-state index is -0.174. The number of urea groups is 1. The van der Waals surface area contributed by atoms with Gasteiger partial charge in [0, 0.05) is 25.3 Å². The van der Waals surface area contributed by atoms with Crippen molar-refractivity contribution in [3.8, 4) is 0 Å². The van der Waals surface area contributed by atoms with Crippen molar-refractivity contribution in [3.05, 3.63) is 76.9 Å². The second-order valence-corrected chi connectivity index (χ2v) is 10.2. The topological polar surface area (TPSA) is 55.5 Å². The number of aromatic nitrogens is 2. The first-order valence-electron chi connectivity index (χ1n) is 12.7. The highest BCUT2D eigenvalue weighted by atomic mass is 19.1. The number of nitrogens with zero attached hydrogens (tertiary/aromatic N) is 4. The first-order chi connectivity index (χ1) is 17.0. The summed E-state index contributed by atoms with van der Waals surface area (Å²) in [6, 6.07) is 13.8. The third kappa shape index (κ3) is 3.87. The Morgan fingerprint density at radius 2 is 1.83 bits per heavy atom. The van der Waals surface area contributed by atoms with E-state index in [4.69, 9.17) is 0 Å². The Balaban J connectivity index is 1.25. The molecule has 1 saturated heterocycles. The van der Waals surface area contributed by atoms with E-state index in [0.29, 0.717) is 18.2 Å². The molecule has 7 heteroatoms. The fraction of sp³-hybridized carbons (Fsp3) is 0.429. The van der Waals surface area contributed by atoms with Gasteiger partial charge < -0.3 is 9.80 Å². The summed E-state index contributed by atoms with van der Waals surface area (Å²) in [5.41, 5.74) is 6.02. The number of hydrogen-bond acceptors (Lipinski definition) is 3. The van der Waals surface area contributed by atoms with Crippen molar-refractivity contribution < 1.29 is 9.18 Å². The lowest BCUT2D eigenvalue weighted by Gasteiger charge is -2.46. The van der Waals surface area contributed by atoms with E-state index in [1.165, 1.54) is 30.0 Å². The summed E-state index contributed by atoms with van der Waals surface area (Å²) >= 11 is 0. The molecule has 3 aromatic rings. The number of anilines is 2. The number of hydrogen-bond donors (Lipinski definition) is 1. The van der Waals surface area contributed by atoms with E-state index in [2.05, 4.69) is 46.3 Å². The van der Waals surface area contributed by atoms with Crippen LogP contribution in [0.4, 0.5) is 20.6 Å². The van der Waals surface area contributed by atoms with Crippen LogP contribution >= 0.6 is 0 Å². The smallest absolute Gasteiger partial charge is 0.325 e. The van der Waals surface area contributed by atoms with Crippen molar-refractivity contribution in [3.63, 3.8) is 0 Å². The van der Waals surface area contributed by atoms with Crippen LogP contribution < -0.4 is 9.80 Å². The molecule has 1 aliphatic carbocycles. The van der Waals surface area contributed by atoms with Crippen LogP contribution in [0.3, 0.4) is 0 Å². The summed E-state index contributed by atoms with van der Waals surface area (Å²) in [6.45, 7) is 6.02. The SMILES string of the molecule is Cc1cccc(F)c1N1CCC(N2C(=O)N(Cc3ccccc3C3CC3)c3c[nH]nc3[C@@H]2C)CC1. The van der Waals surface area contributed by atoms with E-state index in [9.17, 15) is 9.18 Å². The van der Waals surface area contributed by atoms with E-state index in [1.54, 1.807) is 6.07 Å². The summed E-state index contributed by atoms with van der Waals surface area (Å²) in [7, 11) is 0. The Morgan fingerprint density at radius 3 is 2.57 bits per heavy atom. The zero-order valence-electron chi connectivity index (χ0n) is 20.4. The van der Waals surface area contributed by atoms with Crippen molar-refractivity contribution in [2.24, 2.45) is 0 Å². The highest BCUT2D eigenvalue weighted by Gasteiger charge is 2.42. The van der Waals surface area contributed by atoms with E-state index in [1.807, 2.05) is 29.0 Å². The molecule has 2 aromatic carbocycles. The van der Waals surface area contributed by atoms with Gasteiger partial charge in [0.05, 0.1) is 24.0 Å². The van der Waals surface area contributed by atoms with Gasteiger partial charge >= 0.3 is 6.03 Å². The van der Waals surface area contributed by atoms with Gasteiger partial charge in [-0.1, -0.05) is 36.4 Å². The number of rotatable bonds is 5. The van der Waals surface area contributed by atoms with Crippen molar-refractivity contribution in [2.45, 2.75) is 64.1 Å². The molecule has 3 heterocycles. The van der Waals surface area contributed by atoms with Crippen molar-refractivity contribution >= 4 is 17.4 Å². The molecule has 2 aliphatic heterocycles. The number of carbonyl (C=O) groups excluding carboxylic acids is 1. The largest absolute Gasteiger partial charge is 0.369 e. The summed E-state index contributed by atoms with van der Waals surface area (Å²) in [4.78, 5) is 20.0. The number of benzene rings is 2. The first-order valence-corrected chi connectivity index (χ1v) is 12.7. The molecule has 6 rings (SSSR count). The van der Waals surface area contributed by atoms with Crippen LogP contribution in [0.1, 0.15) is 67.0 Å². The molecule has 0 radical (unpaired) electrons. The molecular formula is C28H32FN5O. The van der Waals surface area contributed by atoms with Gasteiger partial charge in [0.1, 0.15) is 11.5 Å². The molecule has 0 bridgehead atoms. The minimum absolute atomic E-state index is 0.0394. The zero-order chi connectivity index (χ0) is 24.1. The number of nitrogens with one attached hydrogen (secondary N) is 1. The maximum Gasteiger partial charge on any atom is 0.325 e. The Morgan fingerprint density at radius 1 is 1.06 bits per heavy atom. The minimum Gasteiger partial charge on any atom is -0.369 e. The number of aromatic amines is 1. The van der Waals surface area contributed by atoms with Crippen LogP contribution in [0.15, 0.2) is 48.7 Å². The van der Waals surface area contributed by atoms with Crippen LogP contribution in [0.5, 0.6) is 0 Å². The van der Waals surface area contributed by atoms with E-state index in [-0.39, 0.29) is 23.9 Å². The molecule has 6 nitrogen and oxygen atoms in total. The highest BCUT2D eigenvalue weighted by molar-refractivity contribution is 5.95. The third-order valence-electron chi connectivity index (χ3n) is 7.97. The molecule has 182 valence electrons. The molecule has 35 heavy (non-hydrogen) atoms. The van der Waals surface area contributed by atoms with Crippen LogP contribution in [-0.2, 0) is 6.54 Å². The number of carbonyl (C=O) groups is 1. The number of H-pyrrole nitrogens is 1. The van der Waals surface area contributed by atoms with Gasteiger partial charge in [0.2, 0.25) is 0 Å². The number of halogens is 1. The number of para-hydroxylation sites is 1. The fourth-order valence-corrected chi connectivity index (χ4v) is 6.02. The molecular weight excluding hydrogens is 441 g/mol. The summed E-state index contributed by atoms with van der Waals surface area (Å²) in [6.07, 6.45) is 5.91. The number of amides is 2. The fourth-order valence-electron chi connectivity index (χ4n) is 6.02. The quantitative estimate of drug-likeness (QED) is 0.501. The van der Waals surface area contributed by atoms with Gasteiger partial charge in [-0.2, -0.15) is 5.10 Å². The summed E-state index contributed by atoms with van der Waals surface area (Å²) in [5.74, 6) is 0.448. The van der Waals surface area contributed by atoms with Crippen molar-refractivity contribution in [2.75, 3.05) is 22.9 Å². The van der Waals surface area contributed by atoms with Crippen LogP contribution in [0, 0.1) is 12.7 Å². The molecule has 1 N–H and O–H groups in total. The Labute approximate surface area is 205 Å². The molecule has 0 spiro atoms. The van der Waals surface area contributed by atoms with Gasteiger partial charge in [0.25, 0.3) is 0 Å². The van der Waals surface area contributed by atoms with E-state index < -0.39 is 0 Å². The molecule has 2 amide bonds. The van der Waals surface area contributed by atoms with Gasteiger partial charge in [0.15, 0.2) is 0 Å². The van der Waals surface area contributed by atoms with Gasteiger partial charge in [-0.25, -0.2) is 9.18 Å². The summed E-state index contributed by atoms with van der Waals surface area (Å²) < 4.78 is 14.6. The monoisotopic (exact) mass is 473 g/mol. The van der Waals surface area contributed by atoms with Crippen molar-refractivity contribution in [1.82, 2.24) is 15.1 Å². The second kappa shape index (κ2) is 8.70. The van der Waals surface area contributed by atoms with Crippen molar-refractivity contribution in [1.29, 1.82) is 0 Å². The van der Waals surface area contributed by atoms with Gasteiger partial charge in [-0.05, 0) is 68.2 Å². The predicted octanol–water partition coefficient (Wildman–Crippen LogP) is 5.91. The Kier molecular flexibility index (Phi) is 5.50. The normalized spacial score (nSPS) is 20.9. The molecule has 1 atom stereocenters. The number of fused-ring (bicyclic) bond motifs is 1. The molecule has 0 unspecified atom stereocenters. The Hall–Kier alpha value is -3.35. The van der Waals surface area contributed by atoms with Crippen LogP contribution in [0.2, 0.25) is 0 Å². The highest BCUT2D eigenvalue weighted by Crippen LogP contribution is 2.43. The molecule has 2 fully saturated rings. The van der Waals surface area contributed by atoms with E-state index >= 15 is 0 Å². The second-order valence-electron chi connectivity index (χ2n) is 10.2. The number of aryl methyl sites for hydroxylation is 1. The molecule has 3 aliphatic rings.